The predicted molar refractivity (Wildman–Crippen MR) is 73.8 cm³/mol. The second-order valence-corrected chi connectivity index (χ2v) is 5.12. The highest BCUT2D eigenvalue weighted by Crippen LogP contribution is 2.11. The third-order valence-corrected chi connectivity index (χ3v) is 3.54. The maximum Gasteiger partial charge on any atom is 0.234 e. The topological polar surface area (TPSA) is 32.3 Å². The van der Waals surface area contributed by atoms with E-state index in [0.29, 0.717) is 10.0 Å². The largest absolute Gasteiger partial charge is 0.364 e. The van der Waals surface area contributed by atoms with Crippen LogP contribution in [0.4, 0.5) is 10.1 Å². The van der Waals surface area contributed by atoms with Crippen LogP contribution >= 0.6 is 24.0 Å². The molecule has 0 fully saturated rings. The van der Waals surface area contributed by atoms with E-state index in [9.17, 15) is 9.18 Å². The zero-order valence-corrected chi connectivity index (χ0v) is 11.2. The molecule has 0 saturated heterocycles. The third-order valence-electron chi connectivity index (χ3n) is 1.80. The van der Waals surface area contributed by atoms with Gasteiger partial charge in [-0.05, 0) is 18.2 Å². The first-order valence-corrected chi connectivity index (χ1v) is 6.28. The van der Waals surface area contributed by atoms with E-state index in [0.717, 1.165) is 0 Å². The molecule has 3 nitrogen and oxygen atoms in total. The highest BCUT2D eigenvalue weighted by Gasteiger charge is 2.06. The smallest absolute Gasteiger partial charge is 0.234 e. The lowest BCUT2D eigenvalue weighted by atomic mass is 10.3. The molecule has 0 atom stereocenters. The average Bonchev–Trinajstić information content (AvgIpc) is 2.25. The van der Waals surface area contributed by atoms with Crippen molar-refractivity contribution in [3.05, 3.63) is 30.1 Å². The molecule has 1 N–H and O–H groups in total. The molecule has 0 bridgehead atoms. The molecule has 92 valence electrons. The molecular formula is C11H13FN2OS2. The number of rotatable bonds is 3. The van der Waals surface area contributed by atoms with Gasteiger partial charge in [-0.25, -0.2) is 4.39 Å². The highest BCUT2D eigenvalue weighted by molar-refractivity contribution is 8.23. The standard InChI is InChI=1S/C11H13FN2OS2/c1-14(2)11(16)17-7-10(15)13-9-5-3-4-8(12)6-9/h3-6H,7H2,1-2H3,(H,13,15). The Morgan fingerprint density at radius 1 is 1.53 bits per heavy atom. The van der Waals surface area contributed by atoms with Crippen molar-refractivity contribution in [1.82, 2.24) is 4.90 Å². The van der Waals surface area contributed by atoms with Gasteiger partial charge in [0.25, 0.3) is 0 Å². The fourth-order valence-electron chi connectivity index (χ4n) is 1.02. The summed E-state index contributed by atoms with van der Waals surface area (Å²) < 4.78 is 13.5. The normalized spacial score (nSPS) is 9.82. The summed E-state index contributed by atoms with van der Waals surface area (Å²) in [6, 6.07) is 5.77. The van der Waals surface area contributed by atoms with Crippen molar-refractivity contribution in [2.45, 2.75) is 0 Å². The van der Waals surface area contributed by atoms with Crippen LogP contribution in [-0.2, 0) is 4.79 Å². The fraction of sp³-hybridized carbons (Fsp3) is 0.273. The molecule has 1 rings (SSSR count). The number of amides is 1. The van der Waals surface area contributed by atoms with Crippen LogP contribution in [0.1, 0.15) is 0 Å². The van der Waals surface area contributed by atoms with Crippen LogP contribution in [-0.4, -0.2) is 35.0 Å². The van der Waals surface area contributed by atoms with Gasteiger partial charge in [0.2, 0.25) is 5.91 Å². The molecule has 0 aromatic heterocycles. The van der Waals surface area contributed by atoms with E-state index in [4.69, 9.17) is 12.2 Å². The van der Waals surface area contributed by atoms with Gasteiger partial charge >= 0.3 is 0 Å². The zero-order chi connectivity index (χ0) is 12.8. The minimum absolute atomic E-state index is 0.204. The number of carbonyl (C=O) groups is 1. The summed E-state index contributed by atoms with van der Waals surface area (Å²) >= 11 is 6.30. The van der Waals surface area contributed by atoms with E-state index < -0.39 is 0 Å². The molecule has 0 aliphatic heterocycles. The molecule has 0 heterocycles. The van der Waals surface area contributed by atoms with E-state index in [-0.39, 0.29) is 17.5 Å². The molecule has 17 heavy (non-hydrogen) atoms. The van der Waals surface area contributed by atoms with Crippen molar-refractivity contribution in [2.75, 3.05) is 25.2 Å². The van der Waals surface area contributed by atoms with Gasteiger partial charge < -0.3 is 10.2 Å². The molecule has 0 unspecified atom stereocenters. The number of benzene rings is 1. The molecular weight excluding hydrogens is 259 g/mol. The predicted octanol–water partition coefficient (Wildman–Crippen LogP) is 2.34. The molecule has 1 aromatic rings. The van der Waals surface area contributed by atoms with Crippen LogP contribution in [0.15, 0.2) is 24.3 Å². The summed E-state index contributed by atoms with van der Waals surface area (Å²) in [5.74, 6) is -0.364. The number of carbonyl (C=O) groups excluding carboxylic acids is 1. The summed E-state index contributed by atoms with van der Waals surface area (Å²) in [6.07, 6.45) is 0. The summed E-state index contributed by atoms with van der Waals surface area (Å²) in [5.41, 5.74) is 0.450. The van der Waals surface area contributed by atoms with Crippen LogP contribution in [0.25, 0.3) is 0 Å². The van der Waals surface area contributed by atoms with E-state index >= 15 is 0 Å². The second kappa shape index (κ2) is 6.56. The monoisotopic (exact) mass is 272 g/mol. The average molecular weight is 272 g/mol. The van der Waals surface area contributed by atoms with Gasteiger partial charge in [-0.3, -0.25) is 4.79 Å². The Kier molecular flexibility index (Phi) is 5.37. The Labute approximate surface area is 109 Å². The Bertz CT molecular complexity index is 424. The van der Waals surface area contributed by atoms with Crippen LogP contribution < -0.4 is 5.32 Å². The molecule has 0 aliphatic carbocycles. The van der Waals surface area contributed by atoms with Gasteiger partial charge in [-0.15, -0.1) is 0 Å². The number of thiocarbonyl (C=S) groups is 1. The number of nitrogens with one attached hydrogen (secondary N) is 1. The number of anilines is 1. The summed E-state index contributed by atoms with van der Waals surface area (Å²) in [7, 11) is 3.64. The van der Waals surface area contributed by atoms with Gasteiger partial charge in [0, 0.05) is 19.8 Å². The number of halogens is 1. The number of nitrogens with zero attached hydrogens (tertiary/aromatic N) is 1. The lowest BCUT2D eigenvalue weighted by Crippen LogP contribution is -2.20. The van der Waals surface area contributed by atoms with Crippen LogP contribution in [0.3, 0.4) is 0 Å². The number of thioether (sulfide) groups is 1. The van der Waals surface area contributed by atoms with Crippen molar-refractivity contribution >= 4 is 39.9 Å². The molecule has 0 saturated carbocycles. The minimum atomic E-state index is -0.376. The fourth-order valence-corrected chi connectivity index (χ4v) is 1.78. The van der Waals surface area contributed by atoms with Gasteiger partial charge in [0.05, 0.1) is 5.75 Å². The van der Waals surface area contributed by atoms with E-state index in [1.54, 1.807) is 17.0 Å². The Hall–Kier alpha value is -1.14. The molecule has 0 radical (unpaired) electrons. The second-order valence-electron chi connectivity index (χ2n) is 3.51. The van der Waals surface area contributed by atoms with Gasteiger partial charge in [-0.1, -0.05) is 30.0 Å². The van der Waals surface area contributed by atoms with E-state index in [1.165, 1.54) is 23.9 Å². The Balaban J connectivity index is 2.43. The first kappa shape index (κ1) is 13.9. The lowest BCUT2D eigenvalue weighted by molar-refractivity contribution is -0.113. The molecule has 1 amide bonds. The van der Waals surface area contributed by atoms with Gasteiger partial charge in [0.15, 0.2) is 0 Å². The van der Waals surface area contributed by atoms with Crippen LogP contribution in [0.2, 0.25) is 0 Å². The SMILES string of the molecule is CN(C)C(=S)SCC(=O)Nc1cccc(F)c1. The highest BCUT2D eigenvalue weighted by atomic mass is 32.2. The Morgan fingerprint density at radius 3 is 2.82 bits per heavy atom. The van der Waals surface area contributed by atoms with Crippen molar-refractivity contribution < 1.29 is 9.18 Å². The lowest BCUT2D eigenvalue weighted by Gasteiger charge is -2.12. The molecule has 1 aromatic carbocycles. The van der Waals surface area contributed by atoms with Crippen LogP contribution in [0.5, 0.6) is 0 Å². The zero-order valence-electron chi connectivity index (χ0n) is 9.57. The van der Waals surface area contributed by atoms with E-state index in [2.05, 4.69) is 5.32 Å². The maximum absolute atomic E-state index is 12.9. The van der Waals surface area contributed by atoms with Gasteiger partial charge in [-0.2, -0.15) is 0 Å². The summed E-state index contributed by atoms with van der Waals surface area (Å²) in [6.45, 7) is 0. The minimum Gasteiger partial charge on any atom is -0.364 e. The molecule has 0 aliphatic rings. The quantitative estimate of drug-likeness (QED) is 0.856. The van der Waals surface area contributed by atoms with E-state index in [1.807, 2.05) is 14.1 Å². The number of hydrogen-bond acceptors (Lipinski definition) is 3. The summed E-state index contributed by atoms with van der Waals surface area (Å²) in [5, 5.41) is 2.60. The first-order chi connectivity index (χ1) is 7.99. The third kappa shape index (κ3) is 5.14. The van der Waals surface area contributed by atoms with Crippen molar-refractivity contribution in [3.8, 4) is 0 Å². The van der Waals surface area contributed by atoms with Crippen molar-refractivity contribution in [2.24, 2.45) is 0 Å². The van der Waals surface area contributed by atoms with Crippen LogP contribution in [0, 0.1) is 5.82 Å². The Morgan fingerprint density at radius 2 is 2.24 bits per heavy atom. The number of hydrogen-bond donors (Lipinski definition) is 1. The summed E-state index contributed by atoms with van der Waals surface area (Å²) in [4.78, 5) is 13.3. The van der Waals surface area contributed by atoms with Crippen molar-refractivity contribution in [1.29, 1.82) is 0 Å². The molecule has 6 heteroatoms. The van der Waals surface area contributed by atoms with Crippen molar-refractivity contribution in [3.63, 3.8) is 0 Å². The maximum atomic E-state index is 12.9. The molecule has 0 spiro atoms. The first-order valence-electron chi connectivity index (χ1n) is 4.88. The van der Waals surface area contributed by atoms with Gasteiger partial charge in [0.1, 0.15) is 10.1 Å².